The molecule has 0 radical (unpaired) electrons. The molecule has 1 aliphatic heterocycles. The van der Waals surface area contributed by atoms with E-state index in [1.807, 2.05) is 0 Å². The van der Waals surface area contributed by atoms with E-state index in [0.717, 1.165) is 6.42 Å². The highest BCUT2D eigenvalue weighted by atomic mass is 32.1. The minimum absolute atomic E-state index is 0.216. The Kier molecular flexibility index (Phi) is 2.55. The lowest BCUT2D eigenvalue weighted by Gasteiger charge is -2.39. The van der Waals surface area contributed by atoms with Crippen LogP contribution >= 0.6 is 12.2 Å². The second-order valence-electron chi connectivity index (χ2n) is 5.04. The van der Waals surface area contributed by atoms with Crippen LogP contribution in [0.1, 0.15) is 31.1 Å². The highest BCUT2D eigenvalue weighted by molar-refractivity contribution is 7.80. The quantitative estimate of drug-likeness (QED) is 0.715. The van der Waals surface area contributed by atoms with Gasteiger partial charge in [-0.05, 0) is 44.1 Å². The number of rotatable bonds is 0. The van der Waals surface area contributed by atoms with Gasteiger partial charge in [0.1, 0.15) is 0 Å². The number of thiocarbonyl (C=S) groups is 1. The summed E-state index contributed by atoms with van der Waals surface area (Å²) in [5.74, 6) is 0. The van der Waals surface area contributed by atoms with E-state index in [4.69, 9.17) is 18.0 Å². The molecule has 2 unspecified atom stereocenters. The number of benzene rings is 1. The fourth-order valence-electron chi connectivity index (χ4n) is 3.12. The van der Waals surface area contributed by atoms with Gasteiger partial charge in [-0.1, -0.05) is 18.2 Å². The van der Waals surface area contributed by atoms with Crippen LogP contribution in [-0.2, 0) is 6.42 Å². The maximum absolute atomic E-state index is 5.84. The highest BCUT2D eigenvalue weighted by Crippen LogP contribution is 2.36. The largest absolute Gasteiger partial charge is 0.376 e. The molecule has 18 heavy (non-hydrogen) atoms. The summed E-state index contributed by atoms with van der Waals surface area (Å²) in [6.45, 7) is 4.34. The summed E-state index contributed by atoms with van der Waals surface area (Å²) in [6, 6.07) is 9.02. The minimum atomic E-state index is 0.216. The molecule has 0 bridgehead atoms. The van der Waals surface area contributed by atoms with Gasteiger partial charge in [0.05, 0.1) is 6.04 Å². The molecule has 94 valence electrons. The summed E-state index contributed by atoms with van der Waals surface area (Å²) in [7, 11) is 0. The predicted molar refractivity (Wildman–Crippen MR) is 78.5 cm³/mol. The zero-order chi connectivity index (χ0) is 12.9. The van der Waals surface area contributed by atoms with Gasteiger partial charge >= 0.3 is 0 Å². The zero-order valence-electron chi connectivity index (χ0n) is 10.6. The van der Waals surface area contributed by atoms with Gasteiger partial charge in [0.15, 0.2) is 5.11 Å². The lowest BCUT2D eigenvalue weighted by Crippen LogP contribution is -2.47. The van der Waals surface area contributed by atoms with Crippen LogP contribution in [0.3, 0.4) is 0 Å². The van der Waals surface area contributed by atoms with Gasteiger partial charge in [0.2, 0.25) is 0 Å². The molecular weight excluding hydrogens is 242 g/mol. The number of hydrogen-bond donors (Lipinski definition) is 2. The number of nitrogens with two attached hydrogens (primary N) is 1. The maximum atomic E-state index is 5.84. The third kappa shape index (κ3) is 1.52. The molecule has 2 atom stereocenters. The first-order valence-corrected chi connectivity index (χ1v) is 6.67. The first kappa shape index (κ1) is 11.5. The molecule has 0 saturated carbocycles. The van der Waals surface area contributed by atoms with Crippen molar-refractivity contribution in [3.63, 3.8) is 0 Å². The number of aromatic amines is 1. The van der Waals surface area contributed by atoms with E-state index < -0.39 is 0 Å². The van der Waals surface area contributed by atoms with E-state index in [2.05, 4.69) is 48.0 Å². The van der Waals surface area contributed by atoms with Crippen molar-refractivity contribution in [2.24, 2.45) is 5.73 Å². The molecule has 0 fully saturated rings. The van der Waals surface area contributed by atoms with Crippen molar-refractivity contribution in [2.45, 2.75) is 32.4 Å². The second kappa shape index (κ2) is 3.99. The van der Waals surface area contributed by atoms with E-state index in [1.165, 1.54) is 22.2 Å². The molecule has 3 N–H and O–H groups in total. The van der Waals surface area contributed by atoms with Crippen LogP contribution in [0.2, 0.25) is 0 Å². The number of nitrogens with zero attached hydrogens (tertiary/aromatic N) is 1. The Bertz CT molecular complexity index is 617. The molecule has 3 rings (SSSR count). The van der Waals surface area contributed by atoms with Crippen LogP contribution < -0.4 is 5.73 Å². The molecule has 2 aromatic rings. The number of hydrogen-bond acceptors (Lipinski definition) is 1. The van der Waals surface area contributed by atoms with Crippen molar-refractivity contribution in [3.05, 3.63) is 35.5 Å². The third-order valence-electron chi connectivity index (χ3n) is 3.91. The summed E-state index contributed by atoms with van der Waals surface area (Å²) in [5, 5.41) is 1.81. The summed E-state index contributed by atoms with van der Waals surface area (Å²) in [4.78, 5) is 5.63. The van der Waals surface area contributed by atoms with Gasteiger partial charge in [-0.25, -0.2) is 0 Å². The van der Waals surface area contributed by atoms with E-state index in [-0.39, 0.29) is 6.04 Å². The molecule has 0 saturated heterocycles. The van der Waals surface area contributed by atoms with Gasteiger partial charge in [-0.15, -0.1) is 0 Å². The molecule has 1 aromatic carbocycles. The highest BCUT2D eigenvalue weighted by Gasteiger charge is 2.32. The Hall–Kier alpha value is -1.55. The fraction of sp³-hybridized carbons (Fsp3) is 0.357. The van der Waals surface area contributed by atoms with Gasteiger partial charge in [-0.2, -0.15) is 0 Å². The number of nitrogens with one attached hydrogen (secondary N) is 1. The number of fused-ring (bicyclic) bond motifs is 3. The normalized spacial score (nSPS) is 23.1. The van der Waals surface area contributed by atoms with Crippen LogP contribution in [0.15, 0.2) is 24.3 Å². The first-order valence-electron chi connectivity index (χ1n) is 6.27. The van der Waals surface area contributed by atoms with E-state index in [1.54, 1.807) is 0 Å². The Morgan fingerprint density at radius 1 is 1.39 bits per heavy atom. The van der Waals surface area contributed by atoms with Crippen molar-refractivity contribution in [1.29, 1.82) is 0 Å². The molecule has 1 aliphatic rings. The summed E-state index contributed by atoms with van der Waals surface area (Å²) in [5.41, 5.74) is 9.71. The molecule has 3 nitrogen and oxygen atoms in total. The monoisotopic (exact) mass is 259 g/mol. The van der Waals surface area contributed by atoms with Crippen molar-refractivity contribution < 1.29 is 0 Å². The third-order valence-corrected chi connectivity index (χ3v) is 4.12. The number of H-pyrrole nitrogens is 1. The zero-order valence-corrected chi connectivity index (χ0v) is 11.4. The van der Waals surface area contributed by atoms with Gasteiger partial charge in [0, 0.05) is 22.6 Å². The number of aromatic nitrogens is 1. The lowest BCUT2D eigenvalue weighted by molar-refractivity contribution is 0.242. The number of para-hydroxylation sites is 1. The summed E-state index contributed by atoms with van der Waals surface area (Å²) in [6.07, 6.45) is 0.987. The Morgan fingerprint density at radius 2 is 2.11 bits per heavy atom. The smallest absolute Gasteiger partial charge is 0.167 e. The Balaban J connectivity index is 2.19. The minimum Gasteiger partial charge on any atom is -0.376 e. The SMILES string of the molecule is CC1Cc2c([nH]c3ccccc23)C(C)N1C(N)=S. The van der Waals surface area contributed by atoms with Crippen LogP contribution in [0.25, 0.3) is 10.9 Å². The van der Waals surface area contributed by atoms with Gasteiger partial charge < -0.3 is 15.6 Å². The van der Waals surface area contributed by atoms with Gasteiger partial charge in [-0.3, -0.25) is 0 Å². The summed E-state index contributed by atoms with van der Waals surface area (Å²) < 4.78 is 0. The molecule has 2 heterocycles. The Morgan fingerprint density at radius 3 is 2.83 bits per heavy atom. The second-order valence-corrected chi connectivity index (χ2v) is 5.46. The van der Waals surface area contributed by atoms with Crippen molar-refractivity contribution in [2.75, 3.05) is 0 Å². The standard InChI is InChI=1S/C14H17N3S/c1-8-7-11-10-5-3-4-6-12(10)16-13(11)9(2)17(8)14(15)18/h3-6,8-9,16H,7H2,1-2H3,(H2,15,18). The molecule has 0 spiro atoms. The van der Waals surface area contributed by atoms with E-state index >= 15 is 0 Å². The topological polar surface area (TPSA) is 45.0 Å². The molecule has 1 aromatic heterocycles. The van der Waals surface area contributed by atoms with E-state index in [9.17, 15) is 0 Å². The lowest BCUT2D eigenvalue weighted by atomic mass is 9.93. The fourth-order valence-corrected chi connectivity index (χ4v) is 3.46. The van der Waals surface area contributed by atoms with Crippen LogP contribution in [-0.4, -0.2) is 21.0 Å². The van der Waals surface area contributed by atoms with E-state index in [0.29, 0.717) is 11.2 Å². The average Bonchev–Trinajstić information content (AvgIpc) is 2.68. The maximum Gasteiger partial charge on any atom is 0.167 e. The first-order chi connectivity index (χ1) is 8.59. The van der Waals surface area contributed by atoms with Crippen LogP contribution in [0, 0.1) is 0 Å². The van der Waals surface area contributed by atoms with Crippen LogP contribution in [0.4, 0.5) is 0 Å². The average molecular weight is 259 g/mol. The van der Waals surface area contributed by atoms with Crippen LogP contribution in [0.5, 0.6) is 0 Å². The van der Waals surface area contributed by atoms with Crippen molar-refractivity contribution in [3.8, 4) is 0 Å². The summed E-state index contributed by atoms with van der Waals surface area (Å²) >= 11 is 5.17. The molecule has 0 aliphatic carbocycles. The van der Waals surface area contributed by atoms with Crippen molar-refractivity contribution >= 4 is 28.2 Å². The van der Waals surface area contributed by atoms with Crippen molar-refractivity contribution in [1.82, 2.24) is 9.88 Å². The molecule has 4 heteroatoms. The Labute approximate surface area is 112 Å². The predicted octanol–water partition coefficient (Wildman–Crippen LogP) is 2.72. The molecular formula is C14H17N3S. The van der Waals surface area contributed by atoms with Gasteiger partial charge in [0.25, 0.3) is 0 Å². The molecule has 0 amide bonds.